The quantitative estimate of drug-likeness (QED) is 0.663. The summed E-state index contributed by atoms with van der Waals surface area (Å²) in [6.45, 7) is 4.52. The minimum atomic E-state index is 0.622. The largest absolute Gasteiger partial charge is 0.0890 e. The summed E-state index contributed by atoms with van der Waals surface area (Å²) < 4.78 is 0. The molecule has 0 radical (unpaired) electrons. The SMILES string of the molecule is CC(C)CC(Br)CCc1cccc(Cl)c1. The first-order chi connectivity index (χ1) is 7.08. The molecule has 0 heterocycles. The van der Waals surface area contributed by atoms with Gasteiger partial charge in [-0.15, -0.1) is 0 Å². The van der Waals surface area contributed by atoms with Gasteiger partial charge in [0.15, 0.2) is 0 Å². The summed E-state index contributed by atoms with van der Waals surface area (Å²) in [5.41, 5.74) is 1.33. The molecule has 2 heteroatoms. The van der Waals surface area contributed by atoms with Crippen LogP contribution in [0.3, 0.4) is 0 Å². The van der Waals surface area contributed by atoms with E-state index >= 15 is 0 Å². The first kappa shape index (κ1) is 13.1. The fourth-order valence-corrected chi connectivity index (χ4v) is 2.83. The summed E-state index contributed by atoms with van der Waals surface area (Å²) in [5.74, 6) is 0.758. The van der Waals surface area contributed by atoms with Gasteiger partial charge in [0.25, 0.3) is 0 Å². The summed E-state index contributed by atoms with van der Waals surface area (Å²) >= 11 is 9.65. The van der Waals surface area contributed by atoms with Crippen LogP contribution in [0.15, 0.2) is 24.3 Å². The number of halogens is 2. The van der Waals surface area contributed by atoms with Crippen molar-refractivity contribution in [2.45, 2.75) is 37.9 Å². The average Bonchev–Trinajstić information content (AvgIpc) is 2.14. The lowest BCUT2D eigenvalue weighted by Gasteiger charge is -2.12. The maximum atomic E-state index is 5.93. The van der Waals surface area contributed by atoms with Crippen LogP contribution in [-0.2, 0) is 6.42 Å². The highest BCUT2D eigenvalue weighted by atomic mass is 79.9. The molecule has 1 rings (SSSR count). The van der Waals surface area contributed by atoms with Gasteiger partial charge in [-0.25, -0.2) is 0 Å². The van der Waals surface area contributed by atoms with Crippen molar-refractivity contribution in [1.29, 1.82) is 0 Å². The number of rotatable bonds is 5. The molecule has 15 heavy (non-hydrogen) atoms. The molecule has 0 bridgehead atoms. The Balaban J connectivity index is 2.36. The minimum absolute atomic E-state index is 0.622. The molecule has 1 unspecified atom stereocenters. The van der Waals surface area contributed by atoms with Crippen LogP contribution in [0.4, 0.5) is 0 Å². The number of benzene rings is 1. The van der Waals surface area contributed by atoms with Gasteiger partial charge in [0, 0.05) is 9.85 Å². The molecule has 0 aliphatic rings. The van der Waals surface area contributed by atoms with Gasteiger partial charge in [0.2, 0.25) is 0 Å². The third-order valence-electron chi connectivity index (χ3n) is 2.36. The summed E-state index contributed by atoms with van der Waals surface area (Å²) in [6, 6.07) is 8.13. The molecule has 0 saturated carbocycles. The Hall–Kier alpha value is -0.0100. The highest BCUT2D eigenvalue weighted by molar-refractivity contribution is 9.09. The lowest BCUT2D eigenvalue weighted by molar-refractivity contribution is 0.554. The standard InChI is InChI=1S/C13H18BrCl/c1-10(2)8-12(14)7-6-11-4-3-5-13(15)9-11/h3-5,9-10,12H,6-8H2,1-2H3. The van der Waals surface area contributed by atoms with E-state index < -0.39 is 0 Å². The first-order valence-electron chi connectivity index (χ1n) is 5.46. The smallest absolute Gasteiger partial charge is 0.0408 e. The van der Waals surface area contributed by atoms with E-state index in [9.17, 15) is 0 Å². The molecule has 84 valence electrons. The van der Waals surface area contributed by atoms with Gasteiger partial charge in [-0.3, -0.25) is 0 Å². The first-order valence-corrected chi connectivity index (χ1v) is 6.76. The minimum Gasteiger partial charge on any atom is -0.0890 e. The molecule has 0 saturated heterocycles. The Morgan fingerprint density at radius 1 is 1.33 bits per heavy atom. The van der Waals surface area contributed by atoms with Crippen LogP contribution in [0, 0.1) is 5.92 Å². The normalized spacial score (nSPS) is 13.1. The fraction of sp³-hybridized carbons (Fsp3) is 0.538. The van der Waals surface area contributed by atoms with Crippen LogP contribution in [0.5, 0.6) is 0 Å². The van der Waals surface area contributed by atoms with E-state index in [-0.39, 0.29) is 0 Å². The number of hydrogen-bond donors (Lipinski definition) is 0. The fourth-order valence-electron chi connectivity index (χ4n) is 1.65. The van der Waals surface area contributed by atoms with Crippen molar-refractivity contribution < 1.29 is 0 Å². The van der Waals surface area contributed by atoms with E-state index in [4.69, 9.17) is 11.6 Å². The Morgan fingerprint density at radius 3 is 2.67 bits per heavy atom. The van der Waals surface area contributed by atoms with Crippen LogP contribution >= 0.6 is 27.5 Å². The number of aryl methyl sites for hydroxylation is 1. The zero-order valence-electron chi connectivity index (χ0n) is 9.34. The summed E-state index contributed by atoms with van der Waals surface area (Å²) in [5, 5.41) is 0.836. The molecule has 0 N–H and O–H groups in total. The third-order valence-corrected chi connectivity index (χ3v) is 3.43. The molecule has 1 aromatic carbocycles. The molecule has 1 atom stereocenters. The highest BCUT2D eigenvalue weighted by Gasteiger charge is 2.07. The molecule has 1 aromatic rings. The van der Waals surface area contributed by atoms with Gasteiger partial charge in [-0.2, -0.15) is 0 Å². The number of alkyl halides is 1. The van der Waals surface area contributed by atoms with Crippen molar-refractivity contribution in [2.75, 3.05) is 0 Å². The molecule has 0 amide bonds. The van der Waals surface area contributed by atoms with E-state index in [0.717, 1.165) is 17.4 Å². The van der Waals surface area contributed by atoms with Gasteiger partial charge in [0.1, 0.15) is 0 Å². The van der Waals surface area contributed by atoms with Crippen molar-refractivity contribution in [3.05, 3.63) is 34.9 Å². The van der Waals surface area contributed by atoms with Crippen molar-refractivity contribution in [3.8, 4) is 0 Å². The summed E-state index contributed by atoms with van der Waals surface area (Å²) in [4.78, 5) is 0.622. The molecule has 0 aromatic heterocycles. The average molecular weight is 290 g/mol. The molecular weight excluding hydrogens is 272 g/mol. The second-order valence-electron chi connectivity index (χ2n) is 4.40. The molecule has 0 aliphatic carbocycles. The lowest BCUT2D eigenvalue weighted by atomic mass is 10.0. The van der Waals surface area contributed by atoms with Crippen LogP contribution in [0.25, 0.3) is 0 Å². The topological polar surface area (TPSA) is 0 Å². The predicted octanol–water partition coefficient (Wildman–Crippen LogP) is 5.08. The zero-order chi connectivity index (χ0) is 11.3. The zero-order valence-corrected chi connectivity index (χ0v) is 11.7. The van der Waals surface area contributed by atoms with Crippen LogP contribution in [-0.4, -0.2) is 4.83 Å². The van der Waals surface area contributed by atoms with Gasteiger partial charge < -0.3 is 0 Å². The van der Waals surface area contributed by atoms with Crippen molar-refractivity contribution in [1.82, 2.24) is 0 Å². The summed E-state index contributed by atoms with van der Waals surface area (Å²) in [7, 11) is 0. The van der Waals surface area contributed by atoms with Gasteiger partial charge in [0.05, 0.1) is 0 Å². The monoisotopic (exact) mass is 288 g/mol. The Morgan fingerprint density at radius 2 is 2.07 bits per heavy atom. The van der Waals surface area contributed by atoms with Crippen LogP contribution in [0.2, 0.25) is 5.02 Å². The van der Waals surface area contributed by atoms with Crippen molar-refractivity contribution in [3.63, 3.8) is 0 Å². The molecular formula is C13H18BrCl. The predicted molar refractivity (Wildman–Crippen MR) is 71.9 cm³/mol. The Bertz CT molecular complexity index is 296. The number of hydrogen-bond acceptors (Lipinski definition) is 0. The lowest BCUT2D eigenvalue weighted by Crippen LogP contribution is -2.04. The second-order valence-corrected chi connectivity index (χ2v) is 6.13. The van der Waals surface area contributed by atoms with E-state index in [0.29, 0.717) is 4.83 Å². The van der Waals surface area contributed by atoms with Crippen molar-refractivity contribution in [2.24, 2.45) is 5.92 Å². The van der Waals surface area contributed by atoms with Gasteiger partial charge in [-0.05, 0) is 42.9 Å². The van der Waals surface area contributed by atoms with Gasteiger partial charge >= 0.3 is 0 Å². The van der Waals surface area contributed by atoms with E-state index in [2.05, 4.69) is 41.9 Å². The van der Waals surface area contributed by atoms with E-state index in [1.807, 2.05) is 12.1 Å². The van der Waals surface area contributed by atoms with Crippen molar-refractivity contribution >= 4 is 27.5 Å². The maximum Gasteiger partial charge on any atom is 0.0408 e. The molecule has 0 aliphatic heterocycles. The van der Waals surface area contributed by atoms with Crippen LogP contribution in [0.1, 0.15) is 32.3 Å². The van der Waals surface area contributed by atoms with Gasteiger partial charge in [-0.1, -0.05) is 53.5 Å². The molecule has 0 nitrogen and oxygen atoms in total. The third kappa shape index (κ3) is 5.58. The molecule has 0 spiro atoms. The highest BCUT2D eigenvalue weighted by Crippen LogP contribution is 2.19. The summed E-state index contributed by atoms with van der Waals surface area (Å²) in [6.07, 6.45) is 3.52. The van der Waals surface area contributed by atoms with E-state index in [1.165, 1.54) is 18.4 Å². The Labute approximate surface area is 106 Å². The second kappa shape index (κ2) is 6.55. The van der Waals surface area contributed by atoms with Crippen LogP contribution < -0.4 is 0 Å². The molecule has 0 fully saturated rings. The Kier molecular flexibility index (Phi) is 5.70. The maximum absolute atomic E-state index is 5.93. The van der Waals surface area contributed by atoms with E-state index in [1.54, 1.807) is 0 Å².